The molecule has 142 heavy (non-hydrogen) atoms. The number of nitrogens with two attached hydrogens (primary N) is 1. The van der Waals surface area contributed by atoms with Gasteiger partial charge in [-0.2, -0.15) is 81.0 Å². The molecule has 8 aromatic carbocycles. The summed E-state index contributed by atoms with van der Waals surface area (Å²) in [5, 5.41) is 22.3. The topological polar surface area (TPSA) is 348 Å². The highest BCUT2D eigenvalue weighted by Gasteiger charge is 2.41. The summed E-state index contributed by atoms with van der Waals surface area (Å²) in [6.45, 7) is 4.99. The van der Waals surface area contributed by atoms with E-state index in [1.807, 2.05) is 104 Å². The molecule has 30 nitrogen and oxygen atoms in total. The summed E-state index contributed by atoms with van der Waals surface area (Å²) < 4.78 is 219. The van der Waals surface area contributed by atoms with E-state index in [1.54, 1.807) is 94.6 Å². The van der Waals surface area contributed by atoms with Gasteiger partial charge in [-0.1, -0.05) is 66.2 Å². The molecule has 0 aliphatic heterocycles. The number of hydrogen-bond donors (Lipinski definition) is 6. The molecule has 0 saturated carbocycles. The number of carbonyl (C=O) groups excluding carboxylic acids is 1. The van der Waals surface area contributed by atoms with Gasteiger partial charge in [-0.15, -0.1) is 0 Å². The van der Waals surface area contributed by atoms with Gasteiger partial charge in [0.25, 0.3) is 0 Å². The molecule has 0 fully saturated rings. The number of rotatable bonds is 19. The Bertz CT molecular complexity index is 7850. The first-order chi connectivity index (χ1) is 68.0. The number of esters is 1. The smallest absolute Gasteiger partial charge is 0.435 e. The Hall–Kier alpha value is -18.2. The number of aromatic nitrogens is 20. The zero-order valence-electron chi connectivity index (χ0n) is 74.3. The number of nitrogens with zero attached hydrogens (tertiary/aromatic N) is 20. The van der Waals surface area contributed by atoms with Crippen LogP contribution in [0.4, 0.5) is 129 Å². The van der Waals surface area contributed by atoms with Crippen LogP contribution in [0.25, 0.3) is 84.1 Å². The normalized spacial score (nSPS) is 11.8. The maximum Gasteiger partial charge on any atom is 0.435 e. The highest BCUT2D eigenvalue weighted by Crippen LogP contribution is 2.43. The number of pyridine rings is 2. The van der Waals surface area contributed by atoms with Crippen LogP contribution >= 0.6 is 0 Å². The van der Waals surface area contributed by atoms with Crippen LogP contribution in [0.3, 0.4) is 0 Å². The lowest BCUT2D eigenvalue weighted by atomic mass is 10.1. The van der Waals surface area contributed by atoms with Crippen molar-refractivity contribution in [2.45, 2.75) is 57.8 Å². The lowest BCUT2D eigenvalue weighted by molar-refractivity contribution is -0.146. The van der Waals surface area contributed by atoms with Crippen LogP contribution in [-0.4, -0.2) is 118 Å². The Kier molecular flexibility index (Phi) is 28.0. The number of para-hydroxylation sites is 6. The molecule has 7 N–H and O–H groups in total. The number of alkyl halides is 15. The summed E-state index contributed by atoms with van der Waals surface area (Å²) in [7, 11) is 3.07. The third kappa shape index (κ3) is 22.9. The molecular formula is C97H73F15N26O4. The van der Waals surface area contributed by atoms with E-state index in [0.717, 1.165) is 75.2 Å². The minimum absolute atomic E-state index is 0.0760. The van der Waals surface area contributed by atoms with Gasteiger partial charge in [0.1, 0.15) is 17.4 Å². The third-order valence-corrected chi connectivity index (χ3v) is 20.7. The first kappa shape index (κ1) is 96.9. The molecule has 720 valence electrons. The standard InChI is InChI=1S/C22H18F3N5O2.2C19H14F3N5O.C19H14F3N5.C18H13F3N6/c1-13(32-14(2)31)21-28-17-5-3-4-6-18(17)30(21)20-12-26-11-19(29-20)27-16-9-7-15(8-10-16)22(23,24)25;1-28-13-7-5-12(6-8-13)24-16-11-23-10-14(25-16)17-15-4-2-3-9-27(15)26-18(17)19(20,21)22;1-28-18-25-14-4-2-3-5-15(14)27(18)17-11-23-10-16(26-17)24-13-8-6-12(7-9-13)19(20,21)22;1-12-5-7-13(8-6-12)24-16-11-23-10-14(25-16)17-15-4-2-3-9-27(15)26-18(17)19(20,21)22;19-18(20,21)11-5-7-12(8-6-11)24-15-9-23-10-16(26-15)27-14-4-2-1-3-13(14)25-17(27)22/h3-13H,1-2H3,(H,27,29);2-11H,1H3,(H,24,25);2-11H,1H3,(H,24,26);2-11H,1H3,(H,24,25);1-10H,(H2,22,25)(H,24,26)/t13-;;;;/m0..../s1. The van der Waals surface area contributed by atoms with Crippen molar-refractivity contribution in [3.63, 3.8) is 0 Å². The number of nitrogen functional groups attached to an aromatic ring is 1. The molecule has 12 aromatic heterocycles. The van der Waals surface area contributed by atoms with Crippen molar-refractivity contribution in [1.29, 1.82) is 0 Å². The molecule has 45 heteroatoms. The molecule has 20 aromatic rings. The predicted octanol–water partition coefficient (Wildman–Crippen LogP) is 23.4. The van der Waals surface area contributed by atoms with Gasteiger partial charge < -0.3 is 46.5 Å². The fourth-order valence-electron chi connectivity index (χ4n) is 14.3. The van der Waals surface area contributed by atoms with Gasteiger partial charge >= 0.3 is 42.9 Å². The minimum atomic E-state index is -4.62. The Morgan fingerprint density at radius 1 is 0.345 bits per heavy atom. The fourth-order valence-corrected chi connectivity index (χ4v) is 14.3. The van der Waals surface area contributed by atoms with Gasteiger partial charge in [0.2, 0.25) is 5.95 Å². The van der Waals surface area contributed by atoms with Gasteiger partial charge in [0, 0.05) is 47.8 Å². The minimum Gasteiger partial charge on any atom is -0.497 e. The molecule has 0 aliphatic rings. The quantitative estimate of drug-likeness (QED) is 0.0323. The monoisotopic (exact) mass is 1950 g/mol. The van der Waals surface area contributed by atoms with Crippen LogP contribution in [0.5, 0.6) is 11.8 Å². The van der Waals surface area contributed by atoms with Crippen molar-refractivity contribution in [2.24, 2.45) is 0 Å². The maximum absolute atomic E-state index is 13.5. The maximum atomic E-state index is 13.5. The van der Waals surface area contributed by atoms with Crippen molar-refractivity contribution in [2.75, 3.05) is 46.5 Å². The van der Waals surface area contributed by atoms with Gasteiger partial charge in [-0.3, -0.25) is 38.8 Å². The highest BCUT2D eigenvalue weighted by atomic mass is 19.4. The molecule has 1 atom stereocenters. The number of benzene rings is 8. The van der Waals surface area contributed by atoms with E-state index in [1.165, 1.54) is 128 Å². The second-order valence-corrected chi connectivity index (χ2v) is 30.6. The molecule has 0 radical (unpaired) electrons. The number of ether oxygens (including phenoxy) is 3. The summed E-state index contributed by atoms with van der Waals surface area (Å²) in [5.41, 5.74) is 10.8. The molecule has 20 rings (SSSR count). The average molecular weight is 1950 g/mol. The Labute approximate surface area is 792 Å². The summed E-state index contributed by atoms with van der Waals surface area (Å²) in [5.74, 6) is 4.00. The molecule has 0 aliphatic carbocycles. The fraction of sp³-hybridized carbons (Fsp3) is 0.113. The Morgan fingerprint density at radius 3 is 1.05 bits per heavy atom. The van der Waals surface area contributed by atoms with Crippen LogP contribution in [0.15, 0.2) is 305 Å². The molecule has 12 heterocycles. The average Bonchev–Trinajstić information content (AvgIpc) is 1.61. The van der Waals surface area contributed by atoms with E-state index in [-0.39, 0.29) is 28.5 Å². The summed E-state index contributed by atoms with van der Waals surface area (Å²) in [6, 6.07) is 60.8. The number of anilines is 11. The second-order valence-electron chi connectivity index (χ2n) is 30.6. The summed E-state index contributed by atoms with van der Waals surface area (Å²) in [4.78, 5) is 67.4. The van der Waals surface area contributed by atoms with Crippen molar-refractivity contribution < 1.29 is 84.9 Å². The van der Waals surface area contributed by atoms with Crippen LogP contribution in [0.2, 0.25) is 0 Å². The second kappa shape index (κ2) is 41.0. The Morgan fingerprint density at radius 2 is 0.669 bits per heavy atom. The zero-order valence-corrected chi connectivity index (χ0v) is 74.3. The van der Waals surface area contributed by atoms with Crippen LogP contribution in [-0.2, 0) is 40.4 Å². The van der Waals surface area contributed by atoms with Crippen LogP contribution < -0.4 is 41.8 Å². The SMILES string of the molecule is CC(=O)O[C@@H](C)c1nc2ccccc2n1-c1cncc(Nc2ccc(C(F)(F)F)cc2)n1.COc1ccc(Nc2cncc(-c3c(C(F)(F)F)nn4ccccc34)n2)cc1.COc1nc2ccccc2n1-c1cncc(Nc2ccc(C(F)(F)F)cc2)n1.Cc1ccc(Nc2cncc(-c3c(C(F)(F)F)nn4ccccc34)n2)cc1.Nc1nc2ccccc2n1-c1cncc(Nc2ccc(C(F)(F)F)cc2)n1. The number of methoxy groups -OCH3 is 2. The molecule has 0 unspecified atom stereocenters. The molecular weight excluding hydrogens is 1880 g/mol. The van der Waals surface area contributed by atoms with Crippen molar-refractivity contribution in [1.82, 2.24) is 97.7 Å². The zero-order chi connectivity index (χ0) is 100. The highest BCUT2D eigenvalue weighted by molar-refractivity contribution is 5.85. The number of carbonyl (C=O) groups is 1. The van der Waals surface area contributed by atoms with Crippen LogP contribution in [0.1, 0.15) is 59.4 Å². The number of halogens is 15. The predicted molar refractivity (Wildman–Crippen MR) is 498 cm³/mol. The van der Waals surface area contributed by atoms with Gasteiger partial charge in [0.05, 0.1) is 160 Å². The van der Waals surface area contributed by atoms with E-state index >= 15 is 0 Å². The molecule has 0 amide bonds. The van der Waals surface area contributed by atoms with E-state index < -0.39 is 71.0 Å². The van der Waals surface area contributed by atoms with E-state index in [0.29, 0.717) is 103 Å². The first-order valence-electron chi connectivity index (χ1n) is 42.1. The van der Waals surface area contributed by atoms with Crippen molar-refractivity contribution >= 4 is 114 Å². The van der Waals surface area contributed by atoms with Crippen molar-refractivity contribution in [3.8, 4) is 51.7 Å². The van der Waals surface area contributed by atoms with E-state index in [2.05, 4.69) is 102 Å². The van der Waals surface area contributed by atoms with E-state index in [9.17, 15) is 70.7 Å². The van der Waals surface area contributed by atoms with E-state index in [4.69, 9.17) is 19.9 Å². The summed E-state index contributed by atoms with van der Waals surface area (Å²) in [6.07, 6.45) is -5.61. The number of imidazole rings is 3. The summed E-state index contributed by atoms with van der Waals surface area (Å²) >= 11 is 0. The molecule has 0 saturated heterocycles. The molecule has 0 spiro atoms. The number of nitrogens with one attached hydrogen (secondary N) is 5. The number of fused-ring (bicyclic) bond motifs is 5. The lowest BCUT2D eigenvalue weighted by Gasteiger charge is -2.15. The van der Waals surface area contributed by atoms with Crippen LogP contribution in [0, 0.1) is 6.92 Å². The first-order valence-corrected chi connectivity index (χ1v) is 42.1. The molecule has 0 bridgehead atoms. The largest absolute Gasteiger partial charge is 0.497 e. The van der Waals surface area contributed by atoms with Gasteiger partial charge in [-0.25, -0.2) is 48.5 Å². The van der Waals surface area contributed by atoms with Crippen molar-refractivity contribution in [3.05, 3.63) is 344 Å². The lowest BCUT2D eigenvalue weighted by Crippen LogP contribution is -2.12. The van der Waals surface area contributed by atoms with Gasteiger partial charge in [0.15, 0.2) is 58.2 Å². The number of aryl methyl sites for hydroxylation is 1. The van der Waals surface area contributed by atoms with Gasteiger partial charge in [-0.05, 0) is 184 Å². The Balaban J connectivity index is 0.000000128. The number of hydrogen-bond acceptors (Lipinski definition) is 25. The third-order valence-electron chi connectivity index (χ3n) is 20.7.